The monoisotopic (exact) mass is 404 g/mol. The number of likely N-dealkylation sites (tertiary alicyclic amines) is 1. The SMILES string of the molecule is CCOc1ccc(CCC2CCN(C(=O)c3ccc(-c4cnco4)cc3)CC2)cc1. The summed E-state index contributed by atoms with van der Waals surface area (Å²) in [6, 6.07) is 16.0. The van der Waals surface area contributed by atoms with E-state index < -0.39 is 0 Å². The van der Waals surface area contributed by atoms with Crippen LogP contribution in [0.4, 0.5) is 0 Å². The lowest BCUT2D eigenvalue weighted by molar-refractivity contribution is 0.0687. The maximum absolute atomic E-state index is 12.8. The van der Waals surface area contributed by atoms with Crippen molar-refractivity contribution in [2.45, 2.75) is 32.6 Å². The van der Waals surface area contributed by atoms with Gasteiger partial charge in [-0.1, -0.05) is 24.3 Å². The first kappa shape index (κ1) is 20.2. The number of aromatic nitrogens is 1. The van der Waals surface area contributed by atoms with Crippen LogP contribution in [0.25, 0.3) is 11.3 Å². The van der Waals surface area contributed by atoms with Gasteiger partial charge < -0.3 is 14.1 Å². The number of carbonyl (C=O) groups excluding carboxylic acids is 1. The van der Waals surface area contributed by atoms with Crippen LogP contribution in [0.15, 0.2) is 65.5 Å². The van der Waals surface area contributed by atoms with Crippen LogP contribution in [-0.4, -0.2) is 35.5 Å². The van der Waals surface area contributed by atoms with Gasteiger partial charge in [0.15, 0.2) is 12.2 Å². The van der Waals surface area contributed by atoms with Gasteiger partial charge in [-0.15, -0.1) is 0 Å². The third-order valence-electron chi connectivity index (χ3n) is 5.83. The third-order valence-corrected chi connectivity index (χ3v) is 5.83. The number of amides is 1. The number of rotatable bonds is 7. The zero-order valence-corrected chi connectivity index (χ0v) is 17.4. The lowest BCUT2D eigenvalue weighted by atomic mass is 9.90. The Hall–Kier alpha value is -3.08. The Labute approximate surface area is 177 Å². The van der Waals surface area contributed by atoms with Gasteiger partial charge in [-0.3, -0.25) is 4.79 Å². The lowest BCUT2D eigenvalue weighted by Crippen LogP contribution is -2.38. The Morgan fingerprint density at radius 3 is 2.47 bits per heavy atom. The van der Waals surface area contributed by atoms with E-state index in [1.807, 2.05) is 48.2 Å². The summed E-state index contributed by atoms with van der Waals surface area (Å²) in [5, 5.41) is 0. The normalized spacial score (nSPS) is 14.6. The molecule has 1 saturated heterocycles. The molecule has 1 fully saturated rings. The van der Waals surface area contributed by atoms with Crippen molar-refractivity contribution in [3.8, 4) is 17.1 Å². The molecule has 0 atom stereocenters. The molecular formula is C25H28N2O3. The van der Waals surface area contributed by atoms with Crippen molar-refractivity contribution in [1.82, 2.24) is 9.88 Å². The number of nitrogens with zero attached hydrogens (tertiary/aromatic N) is 2. The van der Waals surface area contributed by atoms with Gasteiger partial charge in [0.1, 0.15) is 5.75 Å². The highest BCUT2D eigenvalue weighted by Gasteiger charge is 2.23. The first-order valence-electron chi connectivity index (χ1n) is 10.7. The molecule has 1 aromatic heterocycles. The molecule has 2 heterocycles. The van der Waals surface area contributed by atoms with Gasteiger partial charge in [0, 0.05) is 24.2 Å². The van der Waals surface area contributed by atoms with E-state index in [2.05, 4.69) is 17.1 Å². The lowest BCUT2D eigenvalue weighted by Gasteiger charge is -2.32. The highest BCUT2D eigenvalue weighted by Crippen LogP contribution is 2.25. The molecule has 0 aliphatic carbocycles. The van der Waals surface area contributed by atoms with Gasteiger partial charge in [-0.2, -0.15) is 0 Å². The molecule has 0 saturated carbocycles. The highest BCUT2D eigenvalue weighted by atomic mass is 16.5. The van der Waals surface area contributed by atoms with E-state index in [-0.39, 0.29) is 5.91 Å². The first-order chi connectivity index (χ1) is 14.7. The molecular weight excluding hydrogens is 376 g/mol. The molecule has 2 aromatic carbocycles. The van der Waals surface area contributed by atoms with Crippen LogP contribution >= 0.6 is 0 Å². The van der Waals surface area contributed by atoms with Crippen molar-refractivity contribution in [1.29, 1.82) is 0 Å². The van der Waals surface area contributed by atoms with Crippen molar-refractivity contribution < 1.29 is 13.9 Å². The molecule has 156 valence electrons. The largest absolute Gasteiger partial charge is 0.494 e. The van der Waals surface area contributed by atoms with E-state index in [1.54, 1.807) is 6.20 Å². The number of benzene rings is 2. The number of ether oxygens (including phenoxy) is 1. The Morgan fingerprint density at radius 2 is 1.83 bits per heavy atom. The second-order valence-electron chi connectivity index (χ2n) is 7.79. The Morgan fingerprint density at radius 1 is 1.10 bits per heavy atom. The molecule has 4 rings (SSSR count). The quantitative estimate of drug-likeness (QED) is 0.541. The molecule has 1 aliphatic heterocycles. The summed E-state index contributed by atoms with van der Waals surface area (Å²) in [6.07, 6.45) is 7.47. The van der Waals surface area contributed by atoms with Crippen molar-refractivity contribution in [3.05, 3.63) is 72.2 Å². The Kier molecular flexibility index (Phi) is 6.47. The van der Waals surface area contributed by atoms with Gasteiger partial charge >= 0.3 is 0 Å². The van der Waals surface area contributed by atoms with Crippen LogP contribution < -0.4 is 4.74 Å². The van der Waals surface area contributed by atoms with Crippen LogP contribution in [0.3, 0.4) is 0 Å². The summed E-state index contributed by atoms with van der Waals surface area (Å²) in [4.78, 5) is 18.8. The van der Waals surface area contributed by atoms with E-state index in [0.717, 1.165) is 49.2 Å². The predicted molar refractivity (Wildman–Crippen MR) is 116 cm³/mol. The Bertz CT molecular complexity index is 926. The predicted octanol–water partition coefficient (Wildman–Crippen LogP) is 5.23. The fraction of sp³-hybridized carbons (Fsp3) is 0.360. The van der Waals surface area contributed by atoms with E-state index >= 15 is 0 Å². The molecule has 5 heteroatoms. The fourth-order valence-electron chi connectivity index (χ4n) is 4.03. The van der Waals surface area contributed by atoms with Gasteiger partial charge in [-0.05, 0) is 68.4 Å². The van der Waals surface area contributed by atoms with Gasteiger partial charge in [0.05, 0.1) is 12.8 Å². The Balaban J connectivity index is 1.25. The average molecular weight is 405 g/mol. The molecule has 1 amide bonds. The third kappa shape index (κ3) is 4.90. The van der Waals surface area contributed by atoms with Crippen molar-refractivity contribution >= 4 is 5.91 Å². The summed E-state index contributed by atoms with van der Waals surface area (Å²) in [5.74, 6) is 2.43. The molecule has 0 N–H and O–H groups in total. The summed E-state index contributed by atoms with van der Waals surface area (Å²) in [5.41, 5.74) is 3.01. The highest BCUT2D eigenvalue weighted by molar-refractivity contribution is 5.94. The first-order valence-corrected chi connectivity index (χ1v) is 10.7. The summed E-state index contributed by atoms with van der Waals surface area (Å²) in [6.45, 7) is 4.36. The minimum Gasteiger partial charge on any atom is -0.494 e. The number of aryl methyl sites for hydroxylation is 1. The molecule has 0 bridgehead atoms. The maximum atomic E-state index is 12.8. The second kappa shape index (κ2) is 9.61. The molecule has 3 aromatic rings. The second-order valence-corrected chi connectivity index (χ2v) is 7.79. The van der Waals surface area contributed by atoms with E-state index in [9.17, 15) is 4.79 Å². The zero-order chi connectivity index (χ0) is 20.8. The van der Waals surface area contributed by atoms with Gasteiger partial charge in [-0.25, -0.2) is 4.98 Å². The number of carbonyl (C=O) groups is 1. The van der Waals surface area contributed by atoms with Gasteiger partial charge in [0.2, 0.25) is 0 Å². The minimum atomic E-state index is 0.115. The molecule has 0 unspecified atom stereocenters. The number of piperidine rings is 1. The average Bonchev–Trinajstić information content (AvgIpc) is 3.34. The number of hydrogen-bond acceptors (Lipinski definition) is 4. The van der Waals surface area contributed by atoms with Gasteiger partial charge in [0.25, 0.3) is 5.91 Å². The number of hydrogen-bond donors (Lipinski definition) is 0. The smallest absolute Gasteiger partial charge is 0.253 e. The fourth-order valence-corrected chi connectivity index (χ4v) is 4.03. The standard InChI is InChI=1S/C25H28N2O3/c1-2-29-23-11-5-19(6-12-23)3-4-20-13-15-27(16-14-20)25(28)22-9-7-21(8-10-22)24-17-26-18-30-24/h5-12,17-18,20H,2-4,13-16H2,1H3. The van der Waals surface area contributed by atoms with Crippen LogP contribution in [-0.2, 0) is 6.42 Å². The molecule has 5 nitrogen and oxygen atoms in total. The van der Waals surface area contributed by atoms with Crippen molar-refractivity contribution in [2.75, 3.05) is 19.7 Å². The van der Waals surface area contributed by atoms with Crippen LogP contribution in [0, 0.1) is 5.92 Å². The van der Waals surface area contributed by atoms with Crippen molar-refractivity contribution in [3.63, 3.8) is 0 Å². The molecule has 1 aliphatic rings. The topological polar surface area (TPSA) is 55.6 Å². The van der Waals surface area contributed by atoms with E-state index in [4.69, 9.17) is 9.15 Å². The summed E-state index contributed by atoms with van der Waals surface area (Å²) >= 11 is 0. The van der Waals surface area contributed by atoms with Crippen LogP contribution in [0.1, 0.15) is 42.1 Å². The summed E-state index contributed by atoms with van der Waals surface area (Å²) < 4.78 is 10.8. The van der Waals surface area contributed by atoms with E-state index in [0.29, 0.717) is 18.3 Å². The van der Waals surface area contributed by atoms with Crippen LogP contribution in [0.5, 0.6) is 5.75 Å². The zero-order valence-electron chi connectivity index (χ0n) is 17.4. The summed E-state index contributed by atoms with van der Waals surface area (Å²) in [7, 11) is 0. The molecule has 0 radical (unpaired) electrons. The molecule has 0 spiro atoms. The van der Waals surface area contributed by atoms with Crippen molar-refractivity contribution in [2.24, 2.45) is 5.92 Å². The van der Waals surface area contributed by atoms with E-state index in [1.165, 1.54) is 18.4 Å². The maximum Gasteiger partial charge on any atom is 0.253 e. The minimum absolute atomic E-state index is 0.115. The van der Waals surface area contributed by atoms with Crippen LogP contribution in [0.2, 0.25) is 0 Å². The molecule has 30 heavy (non-hydrogen) atoms. The number of oxazole rings is 1.